The summed E-state index contributed by atoms with van der Waals surface area (Å²) in [5.74, 6) is 0.286. The Morgan fingerprint density at radius 3 is 3.07 bits per heavy atom. The molecule has 5 rings (SSSR count). The molecule has 7 nitrogen and oxygen atoms in total. The number of aromatic nitrogens is 3. The number of aromatic amines is 2. The largest absolute Gasteiger partial charge is 0.361 e. The van der Waals surface area contributed by atoms with Crippen molar-refractivity contribution in [2.75, 3.05) is 5.32 Å². The van der Waals surface area contributed by atoms with E-state index in [1.807, 2.05) is 30.5 Å². The molecule has 3 unspecified atom stereocenters. The summed E-state index contributed by atoms with van der Waals surface area (Å²) in [6.07, 6.45) is 5.72. The first-order chi connectivity index (χ1) is 13.1. The normalized spacial score (nSPS) is 26.7. The van der Waals surface area contributed by atoms with E-state index >= 15 is 0 Å². The van der Waals surface area contributed by atoms with E-state index < -0.39 is 12.0 Å². The number of nitrogens with one attached hydrogen (secondary N) is 4. The first-order valence-electron chi connectivity index (χ1n) is 8.94. The number of H-pyrrole nitrogens is 2. The van der Waals surface area contributed by atoms with E-state index in [-0.39, 0.29) is 5.92 Å². The van der Waals surface area contributed by atoms with Gasteiger partial charge in [0.25, 0.3) is 0 Å². The van der Waals surface area contributed by atoms with Crippen LogP contribution in [0.15, 0.2) is 53.4 Å². The average molecular weight is 365 g/mol. The number of allylic oxidation sites excluding steroid dienone is 1. The van der Waals surface area contributed by atoms with Gasteiger partial charge in [-0.1, -0.05) is 12.1 Å². The van der Waals surface area contributed by atoms with Crippen LogP contribution in [0.5, 0.6) is 0 Å². The van der Waals surface area contributed by atoms with Crippen molar-refractivity contribution >= 4 is 22.9 Å². The van der Waals surface area contributed by atoms with Crippen LogP contribution in [-0.2, 0) is 6.42 Å². The van der Waals surface area contributed by atoms with Crippen LogP contribution in [0.3, 0.4) is 0 Å². The van der Waals surface area contributed by atoms with Gasteiger partial charge < -0.3 is 15.6 Å². The van der Waals surface area contributed by atoms with Gasteiger partial charge in [0.1, 0.15) is 12.0 Å². The van der Waals surface area contributed by atoms with E-state index in [1.54, 1.807) is 12.3 Å². The van der Waals surface area contributed by atoms with Crippen molar-refractivity contribution in [2.24, 2.45) is 10.7 Å². The van der Waals surface area contributed by atoms with Gasteiger partial charge in [0.2, 0.25) is 0 Å². The van der Waals surface area contributed by atoms with Crippen LogP contribution in [0.25, 0.3) is 10.9 Å². The molecule has 1 fully saturated rings. The Balaban J connectivity index is 1.31. The van der Waals surface area contributed by atoms with Gasteiger partial charge in [-0.3, -0.25) is 15.8 Å². The fourth-order valence-electron chi connectivity index (χ4n) is 3.52. The maximum absolute atomic E-state index is 13.2. The second-order valence-electron chi connectivity index (χ2n) is 7.13. The van der Waals surface area contributed by atoms with E-state index in [1.165, 1.54) is 0 Å². The summed E-state index contributed by atoms with van der Waals surface area (Å²) < 4.78 is 13.2. The number of nitrogens with zero attached hydrogens (tertiary/aromatic N) is 2. The van der Waals surface area contributed by atoms with E-state index in [4.69, 9.17) is 5.73 Å². The van der Waals surface area contributed by atoms with Crippen molar-refractivity contribution in [1.82, 2.24) is 20.5 Å². The predicted molar refractivity (Wildman–Crippen MR) is 103 cm³/mol. The van der Waals surface area contributed by atoms with Crippen molar-refractivity contribution in [1.29, 1.82) is 0 Å². The molecule has 3 atom stereocenters. The topological polar surface area (TPSA) is 107 Å². The summed E-state index contributed by atoms with van der Waals surface area (Å²) in [6, 6.07) is 9.95. The quantitative estimate of drug-likeness (QED) is 0.479. The lowest BCUT2D eigenvalue weighted by molar-refractivity contribution is 0.381. The third-order valence-corrected chi connectivity index (χ3v) is 5.01. The van der Waals surface area contributed by atoms with Crippen molar-refractivity contribution in [3.8, 4) is 0 Å². The second-order valence-corrected chi connectivity index (χ2v) is 7.13. The molecule has 3 aromatic rings. The molecule has 27 heavy (non-hydrogen) atoms. The van der Waals surface area contributed by atoms with Gasteiger partial charge in [0.15, 0.2) is 11.6 Å². The summed E-state index contributed by atoms with van der Waals surface area (Å²) in [4.78, 5) is 7.64. The van der Waals surface area contributed by atoms with Crippen molar-refractivity contribution < 1.29 is 4.39 Å². The first-order valence-corrected chi connectivity index (χ1v) is 8.94. The molecule has 1 aliphatic carbocycles. The second kappa shape index (κ2) is 5.95. The number of hydrogen-bond acceptors (Lipinski definition) is 5. The molecule has 3 heterocycles. The van der Waals surface area contributed by atoms with Gasteiger partial charge in [-0.05, 0) is 30.2 Å². The molecule has 8 heteroatoms. The van der Waals surface area contributed by atoms with E-state index in [0.717, 1.165) is 22.2 Å². The molecule has 0 amide bonds. The number of benzene rings is 1. The zero-order valence-corrected chi connectivity index (χ0v) is 14.5. The smallest absolute Gasteiger partial charge is 0.187 e. The standard InChI is InChI=1S/C19H20FN7/c20-14-8-13(14)16-9-18(27-26-16)24-17-5-7-23-19(21,25-17)10-11-2-1-3-15-12(11)4-6-22-15/h1-7,9,13-14,22,25H,8,10,21H2,(H2,24,26,27). The molecule has 0 bridgehead atoms. The Kier molecular flexibility index (Phi) is 3.54. The molecule has 2 aromatic heterocycles. The van der Waals surface area contributed by atoms with Crippen molar-refractivity contribution in [3.05, 3.63) is 59.7 Å². The summed E-state index contributed by atoms with van der Waals surface area (Å²) in [5.41, 5.74) is 9.49. The number of fused-ring (bicyclic) bond motifs is 1. The van der Waals surface area contributed by atoms with Crippen LogP contribution in [0.2, 0.25) is 0 Å². The SMILES string of the molecule is NC1(Cc2cccc3[nH]ccc23)N=CC=C(Nc2cc(C3CC3F)[nH]n2)N1. The molecule has 6 N–H and O–H groups in total. The summed E-state index contributed by atoms with van der Waals surface area (Å²) in [6.45, 7) is 0. The number of rotatable bonds is 5. The Labute approximate surface area is 154 Å². The van der Waals surface area contributed by atoms with Gasteiger partial charge >= 0.3 is 0 Å². The minimum absolute atomic E-state index is 0.0571. The highest BCUT2D eigenvalue weighted by Crippen LogP contribution is 2.43. The number of nitrogens with two attached hydrogens (primary N) is 1. The van der Waals surface area contributed by atoms with E-state index in [0.29, 0.717) is 24.5 Å². The minimum atomic E-state index is -0.970. The molecule has 0 radical (unpaired) electrons. The molecule has 0 saturated heterocycles. The number of halogens is 1. The lowest BCUT2D eigenvalue weighted by Gasteiger charge is -2.31. The first kappa shape index (κ1) is 16.1. The lowest BCUT2D eigenvalue weighted by Crippen LogP contribution is -2.55. The fraction of sp³-hybridized carbons (Fsp3) is 0.263. The van der Waals surface area contributed by atoms with E-state index in [9.17, 15) is 4.39 Å². The third-order valence-electron chi connectivity index (χ3n) is 5.01. The monoisotopic (exact) mass is 365 g/mol. The van der Waals surface area contributed by atoms with Crippen LogP contribution in [0, 0.1) is 0 Å². The molecular weight excluding hydrogens is 345 g/mol. The van der Waals surface area contributed by atoms with E-state index in [2.05, 4.69) is 36.9 Å². The summed E-state index contributed by atoms with van der Waals surface area (Å²) in [7, 11) is 0. The molecular formula is C19H20FN7. The van der Waals surface area contributed by atoms with Crippen LogP contribution in [-0.4, -0.2) is 33.4 Å². The number of anilines is 1. The predicted octanol–water partition coefficient (Wildman–Crippen LogP) is 2.50. The minimum Gasteiger partial charge on any atom is -0.361 e. The van der Waals surface area contributed by atoms with Crippen molar-refractivity contribution in [2.45, 2.75) is 30.7 Å². The zero-order chi connectivity index (χ0) is 18.4. The van der Waals surface area contributed by atoms with Crippen LogP contribution < -0.4 is 16.4 Å². The number of alkyl halides is 1. The van der Waals surface area contributed by atoms with Gasteiger partial charge in [0.05, 0.1) is 0 Å². The molecule has 2 aliphatic rings. The van der Waals surface area contributed by atoms with Gasteiger partial charge in [-0.2, -0.15) is 5.10 Å². The Hall–Kier alpha value is -3.13. The Morgan fingerprint density at radius 1 is 1.33 bits per heavy atom. The molecule has 138 valence electrons. The molecule has 1 saturated carbocycles. The van der Waals surface area contributed by atoms with Gasteiger partial charge in [0, 0.05) is 47.4 Å². The molecule has 0 spiro atoms. The molecule has 1 aromatic carbocycles. The molecule has 1 aliphatic heterocycles. The zero-order valence-electron chi connectivity index (χ0n) is 14.5. The lowest BCUT2D eigenvalue weighted by atomic mass is 10.0. The average Bonchev–Trinajstić information content (AvgIpc) is 3.03. The maximum Gasteiger partial charge on any atom is 0.187 e. The highest BCUT2D eigenvalue weighted by molar-refractivity contribution is 5.83. The van der Waals surface area contributed by atoms with Gasteiger partial charge in [-0.25, -0.2) is 4.39 Å². The highest BCUT2D eigenvalue weighted by atomic mass is 19.1. The number of aliphatic imine (C=N–C) groups is 1. The van der Waals surface area contributed by atoms with Crippen LogP contribution >= 0.6 is 0 Å². The highest BCUT2D eigenvalue weighted by Gasteiger charge is 2.40. The number of hydrogen-bond donors (Lipinski definition) is 5. The fourth-order valence-corrected chi connectivity index (χ4v) is 3.52. The third kappa shape index (κ3) is 3.08. The van der Waals surface area contributed by atoms with Crippen LogP contribution in [0.4, 0.5) is 10.2 Å². The summed E-state index contributed by atoms with van der Waals surface area (Å²) in [5, 5.41) is 14.6. The Bertz CT molecular complexity index is 1050. The van der Waals surface area contributed by atoms with Crippen LogP contribution in [0.1, 0.15) is 23.6 Å². The Morgan fingerprint density at radius 2 is 2.22 bits per heavy atom. The maximum atomic E-state index is 13.2. The summed E-state index contributed by atoms with van der Waals surface area (Å²) >= 11 is 0. The van der Waals surface area contributed by atoms with Gasteiger partial charge in [-0.15, -0.1) is 0 Å². The van der Waals surface area contributed by atoms with Crippen molar-refractivity contribution in [3.63, 3.8) is 0 Å².